The van der Waals surface area contributed by atoms with Gasteiger partial charge in [-0.2, -0.15) is 0 Å². The topological polar surface area (TPSA) is 24.9 Å². The van der Waals surface area contributed by atoms with Crippen LogP contribution in [0.2, 0.25) is 0 Å². The molecule has 0 saturated heterocycles. The van der Waals surface area contributed by atoms with Crippen molar-refractivity contribution in [2.45, 2.75) is 12.5 Å². The van der Waals surface area contributed by atoms with E-state index in [1.54, 1.807) is 12.3 Å². The highest BCUT2D eigenvalue weighted by Crippen LogP contribution is 2.24. The second-order valence-electron chi connectivity index (χ2n) is 5.12. The van der Waals surface area contributed by atoms with E-state index in [0.29, 0.717) is 0 Å². The molecule has 2 nitrogen and oxygen atoms in total. The van der Waals surface area contributed by atoms with Crippen LogP contribution < -0.4 is 5.32 Å². The van der Waals surface area contributed by atoms with Crippen LogP contribution in [-0.2, 0) is 6.42 Å². The lowest BCUT2D eigenvalue weighted by Gasteiger charge is -2.17. The highest BCUT2D eigenvalue weighted by atomic mass is 19.1. The zero-order valence-corrected chi connectivity index (χ0v) is 11.9. The summed E-state index contributed by atoms with van der Waals surface area (Å²) in [5.41, 5.74) is 2.11. The third-order valence-electron chi connectivity index (χ3n) is 3.78. The van der Waals surface area contributed by atoms with Crippen LogP contribution >= 0.6 is 0 Å². The van der Waals surface area contributed by atoms with Crippen molar-refractivity contribution in [2.75, 3.05) is 7.05 Å². The molecule has 1 atom stereocenters. The highest BCUT2D eigenvalue weighted by Gasteiger charge is 2.13. The number of benzene rings is 2. The number of hydrogen-bond acceptors (Lipinski definition) is 2. The summed E-state index contributed by atoms with van der Waals surface area (Å²) in [7, 11) is 1.89. The number of pyridine rings is 1. The number of aromatic nitrogens is 1. The lowest BCUT2D eigenvalue weighted by molar-refractivity contribution is 0.573. The van der Waals surface area contributed by atoms with Crippen molar-refractivity contribution >= 4 is 10.8 Å². The normalized spacial score (nSPS) is 12.5. The molecule has 3 heteroatoms. The molecule has 21 heavy (non-hydrogen) atoms. The van der Waals surface area contributed by atoms with Crippen LogP contribution in [0.5, 0.6) is 0 Å². The Balaban J connectivity index is 1.96. The average molecular weight is 280 g/mol. The number of hydrogen-bond donors (Lipinski definition) is 1. The number of nitrogens with one attached hydrogen (secondary N) is 1. The third kappa shape index (κ3) is 2.93. The van der Waals surface area contributed by atoms with Gasteiger partial charge in [0.1, 0.15) is 5.82 Å². The van der Waals surface area contributed by atoms with Gasteiger partial charge in [-0.05, 0) is 41.4 Å². The summed E-state index contributed by atoms with van der Waals surface area (Å²) in [6.07, 6.45) is 3.74. The van der Waals surface area contributed by atoms with Gasteiger partial charge in [0.15, 0.2) is 0 Å². The SMILES string of the molecule is CNC(Cc1cccc2ccccc12)c1cncc(F)c1. The Hall–Kier alpha value is -2.26. The summed E-state index contributed by atoms with van der Waals surface area (Å²) in [5, 5.41) is 5.72. The van der Waals surface area contributed by atoms with Gasteiger partial charge in [0.25, 0.3) is 0 Å². The fourth-order valence-electron chi connectivity index (χ4n) is 2.70. The summed E-state index contributed by atoms with van der Waals surface area (Å²) >= 11 is 0. The molecule has 0 aliphatic carbocycles. The van der Waals surface area contributed by atoms with Crippen molar-refractivity contribution in [3.05, 3.63) is 77.9 Å². The molecule has 0 fully saturated rings. The summed E-state index contributed by atoms with van der Waals surface area (Å²) in [5.74, 6) is -0.300. The van der Waals surface area contributed by atoms with E-state index in [-0.39, 0.29) is 11.9 Å². The van der Waals surface area contributed by atoms with Gasteiger partial charge in [0.05, 0.1) is 6.20 Å². The Bertz CT molecular complexity index is 750. The summed E-state index contributed by atoms with van der Waals surface area (Å²) < 4.78 is 13.4. The molecule has 1 N–H and O–H groups in total. The highest BCUT2D eigenvalue weighted by molar-refractivity contribution is 5.85. The monoisotopic (exact) mass is 280 g/mol. The van der Waals surface area contributed by atoms with Gasteiger partial charge in [0, 0.05) is 12.2 Å². The molecule has 2 aromatic carbocycles. The van der Waals surface area contributed by atoms with Crippen LogP contribution in [0.1, 0.15) is 17.2 Å². The second kappa shape index (κ2) is 6.02. The number of halogens is 1. The van der Waals surface area contributed by atoms with E-state index < -0.39 is 0 Å². The van der Waals surface area contributed by atoms with Crippen LogP contribution in [0.15, 0.2) is 60.9 Å². The summed E-state index contributed by atoms with van der Waals surface area (Å²) in [6.45, 7) is 0. The van der Waals surface area contributed by atoms with Crippen LogP contribution in [0.4, 0.5) is 4.39 Å². The molecule has 3 aromatic rings. The zero-order valence-electron chi connectivity index (χ0n) is 11.9. The molecular weight excluding hydrogens is 263 g/mol. The van der Waals surface area contributed by atoms with E-state index >= 15 is 0 Å². The molecule has 0 amide bonds. The van der Waals surface area contributed by atoms with Crippen molar-refractivity contribution < 1.29 is 4.39 Å². The fraction of sp³-hybridized carbons (Fsp3) is 0.167. The molecule has 3 rings (SSSR count). The third-order valence-corrected chi connectivity index (χ3v) is 3.78. The molecular formula is C18H17FN2. The summed E-state index contributed by atoms with van der Waals surface area (Å²) in [4.78, 5) is 3.94. The predicted octanol–water partition coefficient (Wildman–Crippen LogP) is 3.88. The van der Waals surface area contributed by atoms with Crippen molar-refractivity contribution in [3.63, 3.8) is 0 Å². The van der Waals surface area contributed by atoms with Crippen LogP contribution in [0.25, 0.3) is 10.8 Å². The molecule has 1 heterocycles. The van der Waals surface area contributed by atoms with Crippen LogP contribution in [0, 0.1) is 5.82 Å². The summed E-state index contributed by atoms with van der Waals surface area (Å²) in [6, 6.07) is 16.2. The maximum Gasteiger partial charge on any atom is 0.141 e. The van der Waals surface area contributed by atoms with E-state index in [0.717, 1.165) is 12.0 Å². The maximum atomic E-state index is 13.4. The minimum Gasteiger partial charge on any atom is -0.313 e. The van der Waals surface area contributed by atoms with Crippen LogP contribution in [0.3, 0.4) is 0 Å². The Morgan fingerprint density at radius 3 is 2.71 bits per heavy atom. The molecule has 1 unspecified atom stereocenters. The number of likely N-dealkylation sites (N-methyl/N-ethyl adjacent to an activating group) is 1. The zero-order chi connectivity index (χ0) is 14.7. The average Bonchev–Trinajstić information content (AvgIpc) is 2.52. The maximum absolute atomic E-state index is 13.4. The molecule has 1 aromatic heterocycles. The van der Waals surface area contributed by atoms with E-state index in [4.69, 9.17) is 0 Å². The molecule has 0 aliphatic heterocycles. The largest absolute Gasteiger partial charge is 0.313 e. The Labute approximate surface area is 123 Å². The number of fused-ring (bicyclic) bond motifs is 1. The van der Waals surface area contributed by atoms with Gasteiger partial charge in [-0.3, -0.25) is 4.98 Å². The van der Waals surface area contributed by atoms with Crippen molar-refractivity contribution in [2.24, 2.45) is 0 Å². The van der Waals surface area contributed by atoms with E-state index in [1.807, 2.05) is 19.2 Å². The molecule has 0 bridgehead atoms. The Kier molecular flexibility index (Phi) is 3.93. The predicted molar refractivity (Wildman–Crippen MR) is 83.6 cm³/mol. The lowest BCUT2D eigenvalue weighted by atomic mass is 9.96. The van der Waals surface area contributed by atoms with Gasteiger partial charge in [0.2, 0.25) is 0 Å². The standard InChI is InChI=1S/C18H17FN2/c1-20-18(15-9-16(19)12-21-11-15)10-14-7-4-6-13-5-2-3-8-17(13)14/h2-9,11-12,18,20H,10H2,1H3. The van der Waals surface area contributed by atoms with Crippen LogP contribution in [-0.4, -0.2) is 12.0 Å². The number of rotatable bonds is 4. The Morgan fingerprint density at radius 1 is 1.10 bits per heavy atom. The minimum absolute atomic E-state index is 0.0407. The van der Waals surface area contributed by atoms with Gasteiger partial charge in [-0.15, -0.1) is 0 Å². The first-order chi connectivity index (χ1) is 10.3. The Morgan fingerprint density at radius 2 is 1.90 bits per heavy atom. The first-order valence-electron chi connectivity index (χ1n) is 7.02. The fourth-order valence-corrected chi connectivity index (χ4v) is 2.70. The lowest BCUT2D eigenvalue weighted by Crippen LogP contribution is -2.19. The van der Waals surface area contributed by atoms with Gasteiger partial charge < -0.3 is 5.32 Å². The smallest absolute Gasteiger partial charge is 0.141 e. The number of nitrogens with zero attached hydrogens (tertiary/aromatic N) is 1. The van der Waals surface area contributed by atoms with E-state index in [2.05, 4.69) is 40.6 Å². The first kappa shape index (κ1) is 13.7. The quantitative estimate of drug-likeness (QED) is 0.784. The van der Waals surface area contributed by atoms with Gasteiger partial charge in [-0.25, -0.2) is 4.39 Å². The molecule has 0 saturated carbocycles. The van der Waals surface area contributed by atoms with Gasteiger partial charge >= 0.3 is 0 Å². The van der Waals surface area contributed by atoms with E-state index in [9.17, 15) is 4.39 Å². The second-order valence-corrected chi connectivity index (χ2v) is 5.12. The van der Waals surface area contributed by atoms with E-state index in [1.165, 1.54) is 22.5 Å². The molecule has 0 spiro atoms. The van der Waals surface area contributed by atoms with Crippen molar-refractivity contribution in [1.29, 1.82) is 0 Å². The molecule has 0 radical (unpaired) electrons. The van der Waals surface area contributed by atoms with Crippen molar-refractivity contribution in [3.8, 4) is 0 Å². The van der Waals surface area contributed by atoms with Crippen molar-refractivity contribution in [1.82, 2.24) is 10.3 Å². The minimum atomic E-state index is -0.300. The molecule has 0 aliphatic rings. The molecule has 106 valence electrons. The first-order valence-corrected chi connectivity index (χ1v) is 7.02. The van der Waals surface area contributed by atoms with Gasteiger partial charge in [-0.1, -0.05) is 42.5 Å².